The summed E-state index contributed by atoms with van der Waals surface area (Å²) in [6.45, 7) is 9.01. The third kappa shape index (κ3) is 28.4. The molecule has 0 aromatic carbocycles. The molecule has 0 bridgehead atoms. The minimum Gasteiger partial charge on any atom is -0.463 e. The lowest BCUT2D eigenvalue weighted by molar-refractivity contribution is -0.152. The van der Waals surface area contributed by atoms with Gasteiger partial charge in [-0.15, -0.1) is 0 Å². The molecule has 0 aromatic heterocycles. The molecule has 0 radical (unpaired) electrons. The van der Waals surface area contributed by atoms with Crippen molar-refractivity contribution in [2.75, 3.05) is 13.2 Å². The summed E-state index contributed by atoms with van der Waals surface area (Å²) in [6, 6.07) is 0. The van der Waals surface area contributed by atoms with Crippen molar-refractivity contribution >= 4 is 11.9 Å². The lowest BCUT2D eigenvalue weighted by atomic mass is 9.99. The predicted octanol–water partition coefficient (Wildman–Crippen LogP) is 10.1. The van der Waals surface area contributed by atoms with E-state index in [0.29, 0.717) is 12.8 Å². The largest absolute Gasteiger partial charge is 0.463 e. The fourth-order valence-electron chi connectivity index (χ4n) is 4.98. The fourth-order valence-corrected chi connectivity index (χ4v) is 4.98. The Bertz CT molecular complexity index is 564. The van der Waals surface area contributed by atoms with Gasteiger partial charge in [-0.1, -0.05) is 156 Å². The van der Waals surface area contributed by atoms with Crippen molar-refractivity contribution in [3.8, 4) is 0 Å². The van der Waals surface area contributed by atoms with Crippen LogP contribution in [0.3, 0.4) is 0 Å². The Labute approximate surface area is 248 Å². The summed E-state index contributed by atoms with van der Waals surface area (Å²) in [5.74, 6) is 1.18. The molecule has 0 saturated heterocycles. The van der Waals surface area contributed by atoms with E-state index in [-0.39, 0.29) is 25.2 Å². The van der Waals surface area contributed by atoms with Crippen LogP contribution < -0.4 is 0 Å². The number of carbonyl (C=O) groups is 2. The minimum absolute atomic E-state index is 0.110. The monoisotopic (exact) mass is 569 g/mol. The van der Waals surface area contributed by atoms with Gasteiger partial charge >= 0.3 is 11.9 Å². The maximum absolute atomic E-state index is 11.9. The van der Waals surface area contributed by atoms with Crippen molar-refractivity contribution in [3.63, 3.8) is 0 Å². The van der Waals surface area contributed by atoms with Gasteiger partial charge in [-0.25, -0.2) is 0 Å². The first-order valence-electron chi connectivity index (χ1n) is 17.4. The van der Waals surface area contributed by atoms with Gasteiger partial charge in [-0.05, 0) is 24.7 Å². The van der Waals surface area contributed by atoms with E-state index in [0.717, 1.165) is 43.9 Å². The second kappa shape index (κ2) is 29.4. The predicted molar refractivity (Wildman–Crippen MR) is 168 cm³/mol. The Morgan fingerprint density at radius 3 is 1.07 bits per heavy atom. The van der Waals surface area contributed by atoms with E-state index in [9.17, 15) is 14.7 Å². The van der Waals surface area contributed by atoms with E-state index in [4.69, 9.17) is 9.47 Å². The third-order valence-electron chi connectivity index (χ3n) is 8.42. The van der Waals surface area contributed by atoms with Crippen molar-refractivity contribution in [2.45, 2.75) is 188 Å². The molecule has 3 atom stereocenters. The van der Waals surface area contributed by atoms with Gasteiger partial charge in [-0.3, -0.25) is 9.59 Å². The molecule has 1 N–H and O–H groups in total. The first kappa shape index (κ1) is 38.9. The zero-order valence-corrected chi connectivity index (χ0v) is 27.2. The highest BCUT2D eigenvalue weighted by Crippen LogP contribution is 2.16. The number of ether oxygens (including phenoxy) is 2. The lowest BCUT2D eigenvalue weighted by Crippen LogP contribution is -2.25. The molecule has 0 aliphatic carbocycles. The summed E-state index contributed by atoms with van der Waals surface area (Å²) in [6.07, 6.45) is 27.1. The minimum atomic E-state index is -0.955. The third-order valence-corrected chi connectivity index (χ3v) is 8.42. The van der Waals surface area contributed by atoms with Gasteiger partial charge in [0.05, 0.1) is 0 Å². The summed E-state index contributed by atoms with van der Waals surface area (Å²) < 4.78 is 10.3. The van der Waals surface area contributed by atoms with Gasteiger partial charge in [-0.2, -0.15) is 0 Å². The number of aliphatic hydroxyl groups is 1. The SMILES string of the molecule is CCC(C)CCCCCCCCCCCCC(=O)OC[C@H](O)COC(=O)CCCCCCCCCCC(C)CC. The standard InChI is InChI=1S/C35H68O5/c1-5-31(3)25-21-17-13-9-7-8-10-15-19-23-27-34(37)39-29-33(36)30-40-35(38)28-24-20-16-12-11-14-18-22-26-32(4)6-2/h31-33,36H,5-30H2,1-4H3/t31?,32?,33-/m0/s1. The van der Waals surface area contributed by atoms with Crippen molar-refractivity contribution in [1.29, 1.82) is 0 Å². The Balaban J connectivity index is 3.44. The maximum Gasteiger partial charge on any atom is 0.305 e. The van der Waals surface area contributed by atoms with E-state index in [1.54, 1.807) is 0 Å². The highest BCUT2D eigenvalue weighted by atomic mass is 16.6. The Kier molecular flexibility index (Phi) is 28.6. The van der Waals surface area contributed by atoms with Gasteiger partial charge in [0.1, 0.15) is 19.3 Å². The summed E-state index contributed by atoms with van der Waals surface area (Å²) >= 11 is 0. The average molecular weight is 569 g/mol. The highest BCUT2D eigenvalue weighted by molar-refractivity contribution is 5.69. The molecular weight excluding hydrogens is 500 g/mol. The van der Waals surface area contributed by atoms with E-state index in [1.807, 2.05) is 0 Å². The van der Waals surface area contributed by atoms with Crippen LogP contribution in [0.2, 0.25) is 0 Å². The quantitative estimate of drug-likeness (QED) is 0.0689. The van der Waals surface area contributed by atoms with Crippen LogP contribution in [-0.2, 0) is 19.1 Å². The smallest absolute Gasteiger partial charge is 0.305 e. The number of hydrogen-bond acceptors (Lipinski definition) is 5. The number of hydrogen-bond donors (Lipinski definition) is 1. The van der Waals surface area contributed by atoms with Crippen molar-refractivity contribution in [1.82, 2.24) is 0 Å². The number of unbranched alkanes of at least 4 members (excludes halogenated alkanes) is 16. The van der Waals surface area contributed by atoms with E-state index >= 15 is 0 Å². The van der Waals surface area contributed by atoms with Crippen molar-refractivity contribution in [3.05, 3.63) is 0 Å². The molecule has 40 heavy (non-hydrogen) atoms. The first-order chi connectivity index (χ1) is 19.4. The van der Waals surface area contributed by atoms with Gasteiger partial charge < -0.3 is 14.6 Å². The molecule has 5 heteroatoms. The second-order valence-electron chi connectivity index (χ2n) is 12.5. The molecule has 238 valence electrons. The van der Waals surface area contributed by atoms with Crippen LogP contribution in [-0.4, -0.2) is 36.4 Å². The second-order valence-corrected chi connectivity index (χ2v) is 12.5. The summed E-state index contributed by atoms with van der Waals surface area (Å²) in [4.78, 5) is 23.8. The lowest BCUT2D eigenvalue weighted by Gasteiger charge is -2.12. The summed E-state index contributed by atoms with van der Waals surface area (Å²) in [7, 11) is 0. The molecule has 0 aliphatic heterocycles. The zero-order valence-electron chi connectivity index (χ0n) is 27.2. The van der Waals surface area contributed by atoms with E-state index in [1.165, 1.54) is 109 Å². The van der Waals surface area contributed by atoms with Crippen LogP contribution in [0.1, 0.15) is 182 Å². The molecule has 0 saturated carbocycles. The summed E-state index contributed by atoms with van der Waals surface area (Å²) in [5, 5.41) is 9.96. The Hall–Kier alpha value is -1.10. The van der Waals surface area contributed by atoms with E-state index in [2.05, 4.69) is 27.7 Å². The van der Waals surface area contributed by atoms with Crippen LogP contribution in [0.5, 0.6) is 0 Å². The van der Waals surface area contributed by atoms with Crippen LogP contribution in [0.25, 0.3) is 0 Å². The van der Waals surface area contributed by atoms with E-state index < -0.39 is 6.10 Å². The zero-order chi connectivity index (χ0) is 29.7. The molecule has 0 spiro atoms. The first-order valence-corrected chi connectivity index (χ1v) is 17.4. The van der Waals surface area contributed by atoms with Gasteiger partial charge in [0.2, 0.25) is 0 Å². The number of esters is 2. The van der Waals surface area contributed by atoms with Gasteiger partial charge in [0.15, 0.2) is 0 Å². The van der Waals surface area contributed by atoms with Gasteiger partial charge in [0, 0.05) is 12.8 Å². The normalized spacial score (nSPS) is 13.6. The number of aliphatic hydroxyl groups excluding tert-OH is 1. The van der Waals surface area contributed by atoms with Gasteiger partial charge in [0.25, 0.3) is 0 Å². The number of rotatable bonds is 30. The molecule has 0 heterocycles. The molecule has 5 nitrogen and oxygen atoms in total. The summed E-state index contributed by atoms with van der Waals surface area (Å²) in [5.41, 5.74) is 0. The fraction of sp³-hybridized carbons (Fsp3) is 0.943. The molecular formula is C35H68O5. The Morgan fingerprint density at radius 1 is 0.500 bits per heavy atom. The highest BCUT2D eigenvalue weighted by Gasteiger charge is 2.12. The Morgan fingerprint density at radius 2 is 0.775 bits per heavy atom. The molecule has 0 amide bonds. The van der Waals surface area contributed by atoms with Crippen LogP contribution in [0.4, 0.5) is 0 Å². The molecule has 0 aromatic rings. The topological polar surface area (TPSA) is 72.8 Å². The molecule has 0 rings (SSSR count). The maximum atomic E-state index is 11.9. The van der Waals surface area contributed by atoms with Crippen molar-refractivity contribution in [2.24, 2.45) is 11.8 Å². The molecule has 2 unspecified atom stereocenters. The van der Waals surface area contributed by atoms with Crippen LogP contribution in [0.15, 0.2) is 0 Å². The van der Waals surface area contributed by atoms with Crippen molar-refractivity contribution < 1.29 is 24.2 Å². The molecule has 0 fully saturated rings. The molecule has 0 aliphatic rings. The number of carbonyl (C=O) groups excluding carboxylic acids is 2. The van der Waals surface area contributed by atoms with Crippen LogP contribution >= 0.6 is 0 Å². The average Bonchev–Trinajstić information content (AvgIpc) is 2.95. The van der Waals surface area contributed by atoms with Crippen LogP contribution in [0, 0.1) is 11.8 Å².